The maximum absolute atomic E-state index is 10.7. The molecule has 0 aliphatic heterocycles. The van der Waals surface area contributed by atoms with Gasteiger partial charge in [0.2, 0.25) is 6.08 Å². The summed E-state index contributed by atoms with van der Waals surface area (Å²) in [4.78, 5) is 14.7. The van der Waals surface area contributed by atoms with Gasteiger partial charge in [0.25, 0.3) is 0 Å². The summed E-state index contributed by atoms with van der Waals surface area (Å²) in [7, 11) is 0. The van der Waals surface area contributed by atoms with E-state index < -0.39 is 0 Å². The van der Waals surface area contributed by atoms with Crippen LogP contribution in [0.3, 0.4) is 0 Å². The van der Waals surface area contributed by atoms with Crippen LogP contribution >= 0.6 is 0 Å². The van der Waals surface area contributed by atoms with E-state index in [9.17, 15) is 9.90 Å². The van der Waals surface area contributed by atoms with Gasteiger partial charge in [-0.3, -0.25) is 0 Å². The summed E-state index contributed by atoms with van der Waals surface area (Å²) < 4.78 is 0. The number of nitrogens with zero attached hydrogens (tertiary/aromatic N) is 1. The summed E-state index contributed by atoms with van der Waals surface area (Å²) in [6, 6.07) is 8.08. The van der Waals surface area contributed by atoms with Crippen molar-refractivity contribution < 1.29 is 9.90 Å². The lowest BCUT2D eigenvalue weighted by atomic mass is 9.87. The third-order valence-corrected chi connectivity index (χ3v) is 3.69. The summed E-state index contributed by atoms with van der Waals surface area (Å²) in [5, 5.41) is 9.44. The van der Waals surface area contributed by atoms with Gasteiger partial charge in [-0.15, -0.1) is 0 Å². The molecule has 0 aromatic heterocycles. The zero-order valence-corrected chi connectivity index (χ0v) is 10.7. The Morgan fingerprint density at radius 1 is 1.44 bits per heavy atom. The highest BCUT2D eigenvalue weighted by atomic mass is 16.3. The number of benzene rings is 1. The van der Waals surface area contributed by atoms with Gasteiger partial charge in [0.05, 0.1) is 11.6 Å². The quantitative estimate of drug-likeness (QED) is 0.655. The van der Waals surface area contributed by atoms with E-state index in [4.69, 9.17) is 0 Å². The van der Waals surface area contributed by atoms with Crippen LogP contribution in [0.2, 0.25) is 0 Å². The van der Waals surface area contributed by atoms with Crippen molar-refractivity contribution >= 4 is 6.08 Å². The van der Waals surface area contributed by atoms with Crippen LogP contribution in [-0.2, 0) is 16.8 Å². The second-order valence-electron chi connectivity index (χ2n) is 5.20. The molecule has 1 unspecified atom stereocenters. The molecule has 1 aliphatic carbocycles. The highest BCUT2D eigenvalue weighted by Gasteiger charge is 2.35. The molecule has 0 bridgehead atoms. The minimum Gasteiger partial charge on any atom is -0.393 e. The van der Waals surface area contributed by atoms with Gasteiger partial charge in [-0.2, -0.15) is 4.99 Å². The summed E-state index contributed by atoms with van der Waals surface area (Å²) in [6.07, 6.45) is 6.06. The predicted molar refractivity (Wildman–Crippen MR) is 70.1 cm³/mol. The number of aliphatic hydroxyl groups excluding tert-OH is 1. The molecule has 1 atom stereocenters. The lowest BCUT2D eigenvalue weighted by molar-refractivity contribution is 0.195. The monoisotopic (exact) mass is 245 g/mol. The van der Waals surface area contributed by atoms with Crippen LogP contribution in [-0.4, -0.2) is 17.3 Å². The van der Waals surface area contributed by atoms with Gasteiger partial charge in [-0.05, 0) is 37.3 Å². The first kappa shape index (κ1) is 13.0. The molecule has 0 radical (unpaired) electrons. The summed E-state index contributed by atoms with van der Waals surface area (Å²) >= 11 is 0. The average molecular weight is 245 g/mol. The van der Waals surface area contributed by atoms with Crippen LogP contribution in [0.1, 0.15) is 43.7 Å². The standard InChI is InChI=1S/C15H19NO2/c1-12(18)9-13-5-4-6-14(10-13)15(16-11-17)7-2-3-8-15/h4-6,10,12,18H,2-3,7-9H2,1H3. The van der Waals surface area contributed by atoms with Crippen molar-refractivity contribution in [3.05, 3.63) is 35.4 Å². The van der Waals surface area contributed by atoms with Crippen molar-refractivity contribution in [2.75, 3.05) is 0 Å². The molecule has 1 fully saturated rings. The smallest absolute Gasteiger partial charge is 0.235 e. The molecule has 3 heteroatoms. The molecule has 1 N–H and O–H groups in total. The van der Waals surface area contributed by atoms with Gasteiger partial charge in [0.1, 0.15) is 0 Å². The van der Waals surface area contributed by atoms with Crippen molar-refractivity contribution in [2.24, 2.45) is 4.99 Å². The first-order chi connectivity index (χ1) is 8.66. The van der Waals surface area contributed by atoms with E-state index in [0.717, 1.165) is 36.8 Å². The molecule has 1 aliphatic rings. The number of carbonyl (C=O) groups excluding carboxylic acids is 1. The second-order valence-corrected chi connectivity index (χ2v) is 5.20. The zero-order chi connectivity index (χ0) is 13.0. The molecule has 18 heavy (non-hydrogen) atoms. The third kappa shape index (κ3) is 2.69. The van der Waals surface area contributed by atoms with Crippen LogP contribution in [0.15, 0.2) is 29.3 Å². The van der Waals surface area contributed by atoms with Crippen LogP contribution in [0, 0.1) is 0 Å². The minimum atomic E-state index is -0.365. The lowest BCUT2D eigenvalue weighted by Gasteiger charge is -2.23. The van der Waals surface area contributed by atoms with Gasteiger partial charge >= 0.3 is 0 Å². The van der Waals surface area contributed by atoms with Crippen molar-refractivity contribution in [1.29, 1.82) is 0 Å². The fourth-order valence-electron chi connectivity index (χ4n) is 2.84. The Kier molecular flexibility index (Phi) is 3.95. The molecular weight excluding hydrogens is 226 g/mol. The molecule has 1 aromatic rings. The molecular formula is C15H19NO2. The first-order valence-electron chi connectivity index (χ1n) is 6.53. The molecule has 0 amide bonds. The maximum atomic E-state index is 10.7. The van der Waals surface area contributed by atoms with Gasteiger partial charge in [0, 0.05) is 0 Å². The largest absolute Gasteiger partial charge is 0.393 e. The van der Waals surface area contributed by atoms with Gasteiger partial charge < -0.3 is 5.11 Å². The Morgan fingerprint density at radius 3 is 2.78 bits per heavy atom. The Labute approximate surface area is 108 Å². The number of rotatable bonds is 4. The first-order valence-corrected chi connectivity index (χ1v) is 6.53. The summed E-state index contributed by atoms with van der Waals surface area (Å²) in [6.45, 7) is 1.78. The van der Waals surface area contributed by atoms with E-state index in [1.807, 2.05) is 18.2 Å². The molecule has 0 saturated heterocycles. The summed E-state index contributed by atoms with van der Waals surface area (Å²) in [5.74, 6) is 0. The van der Waals surface area contributed by atoms with Crippen LogP contribution in [0.25, 0.3) is 0 Å². The van der Waals surface area contributed by atoms with Crippen molar-refractivity contribution in [2.45, 2.75) is 50.7 Å². The molecule has 0 heterocycles. The topological polar surface area (TPSA) is 49.7 Å². The van der Waals surface area contributed by atoms with E-state index >= 15 is 0 Å². The summed E-state index contributed by atoms with van der Waals surface area (Å²) in [5.41, 5.74) is 1.81. The van der Waals surface area contributed by atoms with Crippen molar-refractivity contribution in [1.82, 2.24) is 0 Å². The lowest BCUT2D eigenvalue weighted by Crippen LogP contribution is -2.19. The maximum Gasteiger partial charge on any atom is 0.235 e. The Bertz CT molecular complexity index is 455. The number of aliphatic imine (C=N–C) groups is 1. The van der Waals surface area contributed by atoms with E-state index in [-0.39, 0.29) is 11.6 Å². The number of isocyanates is 1. The van der Waals surface area contributed by atoms with Gasteiger partial charge in [0.15, 0.2) is 0 Å². The molecule has 1 saturated carbocycles. The van der Waals surface area contributed by atoms with Gasteiger partial charge in [-0.1, -0.05) is 37.1 Å². The number of hydrogen-bond donors (Lipinski definition) is 1. The zero-order valence-electron chi connectivity index (χ0n) is 10.7. The highest BCUT2D eigenvalue weighted by Crippen LogP contribution is 2.42. The highest BCUT2D eigenvalue weighted by molar-refractivity contribution is 5.39. The molecule has 3 nitrogen and oxygen atoms in total. The molecule has 1 aromatic carbocycles. The fraction of sp³-hybridized carbons (Fsp3) is 0.533. The number of aliphatic hydroxyl groups is 1. The van der Waals surface area contributed by atoms with Crippen molar-refractivity contribution in [3.8, 4) is 0 Å². The Hall–Kier alpha value is -1.44. The van der Waals surface area contributed by atoms with E-state index in [2.05, 4.69) is 11.1 Å². The minimum absolute atomic E-state index is 0.352. The predicted octanol–water partition coefficient (Wildman–Crippen LogP) is 2.72. The fourth-order valence-corrected chi connectivity index (χ4v) is 2.84. The third-order valence-electron chi connectivity index (χ3n) is 3.69. The normalized spacial score (nSPS) is 19.2. The van der Waals surface area contributed by atoms with Crippen molar-refractivity contribution in [3.63, 3.8) is 0 Å². The average Bonchev–Trinajstić information content (AvgIpc) is 2.79. The van der Waals surface area contributed by atoms with Crippen LogP contribution < -0.4 is 0 Å². The van der Waals surface area contributed by atoms with E-state index in [0.29, 0.717) is 6.42 Å². The van der Waals surface area contributed by atoms with E-state index in [1.165, 1.54) is 0 Å². The Balaban J connectivity index is 2.33. The van der Waals surface area contributed by atoms with Crippen LogP contribution in [0.4, 0.5) is 0 Å². The van der Waals surface area contributed by atoms with Gasteiger partial charge in [-0.25, -0.2) is 4.79 Å². The second kappa shape index (κ2) is 5.47. The van der Waals surface area contributed by atoms with E-state index in [1.54, 1.807) is 13.0 Å². The molecule has 0 spiro atoms. The van der Waals surface area contributed by atoms with Crippen LogP contribution in [0.5, 0.6) is 0 Å². The SMILES string of the molecule is CC(O)Cc1cccc(C2(N=C=O)CCCC2)c1. The molecule has 96 valence electrons. The Morgan fingerprint density at radius 2 is 2.17 bits per heavy atom. The molecule has 2 rings (SSSR count). The number of hydrogen-bond acceptors (Lipinski definition) is 3.